The number of aromatic nitrogens is 2. The largest absolute Gasteiger partial charge is 0.385 e. The van der Waals surface area contributed by atoms with Crippen LogP contribution in [0.15, 0.2) is 54.9 Å². The third-order valence-electron chi connectivity index (χ3n) is 3.45. The van der Waals surface area contributed by atoms with E-state index < -0.39 is 6.10 Å². The van der Waals surface area contributed by atoms with E-state index in [4.69, 9.17) is 0 Å². The maximum Gasteiger partial charge on any atom is 0.137 e. The zero-order chi connectivity index (χ0) is 13.2. The van der Waals surface area contributed by atoms with Crippen molar-refractivity contribution in [2.24, 2.45) is 7.05 Å². The van der Waals surface area contributed by atoms with E-state index in [0.717, 1.165) is 5.56 Å². The molecular formula is C16H16N2O. The van der Waals surface area contributed by atoms with Crippen LogP contribution >= 0.6 is 0 Å². The van der Waals surface area contributed by atoms with Gasteiger partial charge in [-0.15, -0.1) is 0 Å². The second-order valence-corrected chi connectivity index (χ2v) is 4.75. The van der Waals surface area contributed by atoms with Crippen molar-refractivity contribution in [2.45, 2.75) is 12.5 Å². The van der Waals surface area contributed by atoms with Crippen LogP contribution in [0.2, 0.25) is 0 Å². The minimum absolute atomic E-state index is 0.576. The van der Waals surface area contributed by atoms with Gasteiger partial charge >= 0.3 is 0 Å². The summed E-state index contributed by atoms with van der Waals surface area (Å²) in [6.45, 7) is 0. The summed E-state index contributed by atoms with van der Waals surface area (Å²) >= 11 is 0. The third-order valence-corrected chi connectivity index (χ3v) is 3.45. The van der Waals surface area contributed by atoms with Crippen LogP contribution in [0.5, 0.6) is 0 Å². The first-order chi connectivity index (χ1) is 9.25. The summed E-state index contributed by atoms with van der Waals surface area (Å²) in [6, 6.07) is 14.4. The average Bonchev–Trinajstić information content (AvgIpc) is 2.85. The van der Waals surface area contributed by atoms with E-state index in [-0.39, 0.29) is 0 Å². The molecule has 2 aromatic carbocycles. The van der Waals surface area contributed by atoms with Gasteiger partial charge in [0.2, 0.25) is 0 Å². The highest BCUT2D eigenvalue weighted by Crippen LogP contribution is 2.23. The van der Waals surface area contributed by atoms with Crippen LogP contribution in [0.4, 0.5) is 0 Å². The second kappa shape index (κ2) is 4.86. The Bertz CT molecular complexity index is 697. The molecule has 0 aliphatic heterocycles. The molecule has 1 heterocycles. The zero-order valence-electron chi connectivity index (χ0n) is 10.8. The Morgan fingerprint density at radius 2 is 1.95 bits per heavy atom. The number of hydrogen-bond acceptors (Lipinski definition) is 2. The number of aliphatic hydroxyl groups is 1. The van der Waals surface area contributed by atoms with Crippen molar-refractivity contribution in [3.63, 3.8) is 0 Å². The number of benzene rings is 2. The number of aliphatic hydroxyl groups excluding tert-OH is 1. The second-order valence-electron chi connectivity index (χ2n) is 4.75. The van der Waals surface area contributed by atoms with Crippen molar-refractivity contribution in [1.82, 2.24) is 9.55 Å². The molecule has 96 valence electrons. The van der Waals surface area contributed by atoms with Crippen LogP contribution < -0.4 is 0 Å². The summed E-state index contributed by atoms with van der Waals surface area (Å²) in [5, 5.41) is 12.7. The summed E-state index contributed by atoms with van der Waals surface area (Å²) in [5.41, 5.74) is 1.15. The molecule has 3 aromatic rings. The molecule has 3 heteroatoms. The number of fused-ring (bicyclic) bond motifs is 1. The van der Waals surface area contributed by atoms with Gasteiger partial charge in [0.1, 0.15) is 11.9 Å². The van der Waals surface area contributed by atoms with Crippen LogP contribution in [0.3, 0.4) is 0 Å². The maximum atomic E-state index is 10.3. The average molecular weight is 252 g/mol. The van der Waals surface area contributed by atoms with Gasteiger partial charge in [0.25, 0.3) is 0 Å². The molecule has 1 atom stereocenters. The Morgan fingerprint density at radius 1 is 1.16 bits per heavy atom. The topological polar surface area (TPSA) is 38.0 Å². The van der Waals surface area contributed by atoms with E-state index >= 15 is 0 Å². The smallest absolute Gasteiger partial charge is 0.137 e. The molecule has 3 nitrogen and oxygen atoms in total. The van der Waals surface area contributed by atoms with Crippen LogP contribution in [-0.2, 0) is 13.5 Å². The van der Waals surface area contributed by atoms with Gasteiger partial charge in [-0.25, -0.2) is 4.98 Å². The number of imidazole rings is 1. The first-order valence-corrected chi connectivity index (χ1v) is 6.37. The van der Waals surface area contributed by atoms with Gasteiger partial charge in [-0.3, -0.25) is 0 Å². The molecule has 0 radical (unpaired) electrons. The number of rotatable bonds is 3. The molecule has 0 saturated carbocycles. The Balaban J connectivity index is 1.96. The first-order valence-electron chi connectivity index (χ1n) is 6.37. The zero-order valence-corrected chi connectivity index (χ0v) is 10.8. The normalized spacial score (nSPS) is 12.7. The van der Waals surface area contributed by atoms with E-state index in [9.17, 15) is 5.11 Å². The van der Waals surface area contributed by atoms with Gasteiger partial charge in [-0.05, 0) is 16.3 Å². The van der Waals surface area contributed by atoms with Crippen molar-refractivity contribution in [2.75, 3.05) is 0 Å². The van der Waals surface area contributed by atoms with Gasteiger partial charge in [0, 0.05) is 25.9 Å². The van der Waals surface area contributed by atoms with Crippen molar-refractivity contribution < 1.29 is 5.11 Å². The molecule has 0 fully saturated rings. The summed E-state index contributed by atoms with van der Waals surface area (Å²) in [6.07, 6.45) is 3.56. The summed E-state index contributed by atoms with van der Waals surface area (Å²) in [7, 11) is 1.90. The van der Waals surface area contributed by atoms with Crippen molar-refractivity contribution in [3.8, 4) is 0 Å². The highest BCUT2D eigenvalue weighted by Gasteiger charge is 2.14. The molecule has 1 aromatic heterocycles. The number of hydrogen-bond donors (Lipinski definition) is 1. The van der Waals surface area contributed by atoms with E-state index in [1.54, 1.807) is 6.20 Å². The minimum atomic E-state index is -0.578. The Kier molecular flexibility index (Phi) is 3.05. The van der Waals surface area contributed by atoms with Gasteiger partial charge in [0.05, 0.1) is 0 Å². The monoisotopic (exact) mass is 252 g/mol. The van der Waals surface area contributed by atoms with Gasteiger partial charge < -0.3 is 9.67 Å². The van der Waals surface area contributed by atoms with E-state index in [2.05, 4.69) is 29.2 Å². The lowest BCUT2D eigenvalue weighted by atomic mass is 9.99. The molecule has 3 rings (SSSR count). The molecule has 1 unspecified atom stereocenters. The lowest BCUT2D eigenvalue weighted by molar-refractivity contribution is 0.165. The summed E-state index contributed by atoms with van der Waals surface area (Å²) in [5.74, 6) is 0.702. The van der Waals surface area contributed by atoms with Crippen LogP contribution in [-0.4, -0.2) is 14.7 Å². The van der Waals surface area contributed by atoms with E-state index in [1.807, 2.05) is 36.0 Å². The maximum absolute atomic E-state index is 10.3. The lowest BCUT2D eigenvalue weighted by Gasteiger charge is -2.12. The van der Waals surface area contributed by atoms with Gasteiger partial charge in [0.15, 0.2) is 0 Å². The molecule has 0 amide bonds. The molecule has 0 bridgehead atoms. The van der Waals surface area contributed by atoms with Crippen molar-refractivity contribution in [1.29, 1.82) is 0 Å². The van der Waals surface area contributed by atoms with Crippen LogP contribution in [0.25, 0.3) is 10.8 Å². The minimum Gasteiger partial charge on any atom is -0.385 e. The summed E-state index contributed by atoms with van der Waals surface area (Å²) < 4.78 is 1.86. The fourth-order valence-electron chi connectivity index (χ4n) is 2.47. The number of nitrogens with zero attached hydrogens (tertiary/aromatic N) is 2. The Labute approximate surface area is 112 Å². The fourth-order valence-corrected chi connectivity index (χ4v) is 2.47. The molecular weight excluding hydrogens is 236 g/mol. The third kappa shape index (κ3) is 2.25. The predicted octanol–water partition coefficient (Wildman–Crippen LogP) is 2.85. The molecule has 0 aliphatic carbocycles. The first kappa shape index (κ1) is 11.9. The van der Waals surface area contributed by atoms with E-state index in [1.165, 1.54) is 10.8 Å². The van der Waals surface area contributed by atoms with E-state index in [0.29, 0.717) is 12.2 Å². The lowest BCUT2D eigenvalue weighted by Crippen LogP contribution is -2.08. The Hall–Kier alpha value is -2.13. The highest BCUT2D eigenvalue weighted by atomic mass is 16.3. The standard InChI is InChI=1S/C16H16N2O/c1-18-10-9-17-16(18)15(19)11-13-7-4-6-12-5-2-3-8-14(12)13/h2-10,15,19H,11H2,1H3. The van der Waals surface area contributed by atoms with Crippen LogP contribution in [0.1, 0.15) is 17.5 Å². The van der Waals surface area contributed by atoms with Crippen LogP contribution in [0, 0.1) is 0 Å². The molecule has 1 N–H and O–H groups in total. The number of aryl methyl sites for hydroxylation is 1. The van der Waals surface area contributed by atoms with Gasteiger partial charge in [-0.1, -0.05) is 42.5 Å². The predicted molar refractivity (Wildman–Crippen MR) is 75.8 cm³/mol. The fraction of sp³-hybridized carbons (Fsp3) is 0.188. The molecule has 0 spiro atoms. The van der Waals surface area contributed by atoms with Crippen molar-refractivity contribution >= 4 is 10.8 Å². The van der Waals surface area contributed by atoms with Crippen molar-refractivity contribution in [3.05, 3.63) is 66.2 Å². The molecule has 0 saturated heterocycles. The molecule has 19 heavy (non-hydrogen) atoms. The molecule has 0 aliphatic rings. The highest BCUT2D eigenvalue weighted by molar-refractivity contribution is 5.85. The van der Waals surface area contributed by atoms with Gasteiger partial charge in [-0.2, -0.15) is 0 Å². The SMILES string of the molecule is Cn1ccnc1C(O)Cc1cccc2ccccc12. The quantitative estimate of drug-likeness (QED) is 0.778. The Morgan fingerprint density at radius 3 is 2.74 bits per heavy atom. The summed E-state index contributed by atoms with van der Waals surface area (Å²) in [4.78, 5) is 4.20.